The molecule has 1 saturated heterocycles. The average molecular weight is 518 g/mol. The monoisotopic (exact) mass is 517 g/mol. The SMILES string of the molecule is CCNC(=NCC(c1ccccc1)N1CCCC1)NCCN(C)CCCOC.I. The zero-order chi connectivity index (χ0) is 20.0. The van der Waals surface area contributed by atoms with E-state index < -0.39 is 0 Å². The summed E-state index contributed by atoms with van der Waals surface area (Å²) >= 11 is 0. The molecule has 0 spiro atoms. The van der Waals surface area contributed by atoms with Crippen molar-refractivity contribution in [1.82, 2.24) is 20.4 Å². The molecule has 1 aromatic carbocycles. The Kier molecular flexibility index (Phi) is 14.3. The molecule has 0 aliphatic carbocycles. The summed E-state index contributed by atoms with van der Waals surface area (Å²) < 4.78 is 5.12. The van der Waals surface area contributed by atoms with Crippen LogP contribution in [0.2, 0.25) is 0 Å². The molecule has 0 bridgehead atoms. The van der Waals surface area contributed by atoms with E-state index in [0.717, 1.165) is 51.7 Å². The van der Waals surface area contributed by atoms with Crippen LogP contribution in [0.5, 0.6) is 0 Å². The molecule has 166 valence electrons. The van der Waals surface area contributed by atoms with Crippen LogP contribution in [0.15, 0.2) is 35.3 Å². The summed E-state index contributed by atoms with van der Waals surface area (Å²) in [7, 11) is 3.91. The fraction of sp³-hybridized carbons (Fsp3) is 0.682. The fourth-order valence-corrected chi connectivity index (χ4v) is 3.64. The molecule has 1 fully saturated rings. The number of nitrogens with zero attached hydrogens (tertiary/aromatic N) is 3. The van der Waals surface area contributed by atoms with E-state index in [-0.39, 0.29) is 24.0 Å². The number of hydrogen-bond donors (Lipinski definition) is 2. The summed E-state index contributed by atoms with van der Waals surface area (Å²) in [5.74, 6) is 0.910. The van der Waals surface area contributed by atoms with E-state index in [2.05, 4.69) is 64.7 Å². The lowest BCUT2D eigenvalue weighted by Gasteiger charge is -2.27. The van der Waals surface area contributed by atoms with Crippen molar-refractivity contribution in [3.8, 4) is 0 Å². The lowest BCUT2D eigenvalue weighted by atomic mass is 10.1. The van der Waals surface area contributed by atoms with Crippen LogP contribution in [0.3, 0.4) is 0 Å². The quantitative estimate of drug-likeness (QED) is 0.193. The van der Waals surface area contributed by atoms with Gasteiger partial charge in [0.05, 0.1) is 12.6 Å². The minimum atomic E-state index is 0. The number of likely N-dealkylation sites (tertiary alicyclic amines) is 1. The van der Waals surface area contributed by atoms with E-state index in [1.54, 1.807) is 7.11 Å². The third kappa shape index (κ3) is 10.1. The summed E-state index contributed by atoms with van der Waals surface area (Å²) in [5.41, 5.74) is 1.36. The van der Waals surface area contributed by atoms with E-state index in [1.165, 1.54) is 31.5 Å². The minimum absolute atomic E-state index is 0. The van der Waals surface area contributed by atoms with E-state index in [0.29, 0.717) is 6.04 Å². The highest BCUT2D eigenvalue weighted by molar-refractivity contribution is 14.0. The van der Waals surface area contributed by atoms with Crippen molar-refractivity contribution in [3.05, 3.63) is 35.9 Å². The molecule has 1 unspecified atom stereocenters. The third-order valence-corrected chi connectivity index (χ3v) is 5.21. The van der Waals surface area contributed by atoms with E-state index in [4.69, 9.17) is 9.73 Å². The van der Waals surface area contributed by atoms with Crippen LogP contribution in [-0.2, 0) is 4.74 Å². The van der Waals surface area contributed by atoms with Crippen molar-refractivity contribution in [3.63, 3.8) is 0 Å². The van der Waals surface area contributed by atoms with Crippen molar-refractivity contribution in [2.45, 2.75) is 32.2 Å². The largest absolute Gasteiger partial charge is 0.385 e. The first-order valence-electron chi connectivity index (χ1n) is 10.7. The maximum absolute atomic E-state index is 5.12. The van der Waals surface area contributed by atoms with Crippen LogP contribution < -0.4 is 10.6 Å². The van der Waals surface area contributed by atoms with Crippen molar-refractivity contribution in [1.29, 1.82) is 0 Å². The summed E-state index contributed by atoms with van der Waals surface area (Å²) in [5, 5.41) is 6.87. The van der Waals surface area contributed by atoms with Gasteiger partial charge in [0.15, 0.2) is 5.96 Å². The van der Waals surface area contributed by atoms with Gasteiger partial charge in [-0.2, -0.15) is 0 Å². The standard InChI is InChI=1S/C22H39N5O.HI/c1-4-23-22(24-13-17-26(2)14-10-18-28-3)25-19-21(27-15-8-9-16-27)20-11-6-5-7-12-20;/h5-7,11-12,21H,4,8-10,13-19H2,1-3H3,(H2,23,24,25);1H. The smallest absolute Gasteiger partial charge is 0.191 e. The molecule has 2 rings (SSSR count). The van der Waals surface area contributed by atoms with Gasteiger partial charge in [-0.3, -0.25) is 9.89 Å². The molecule has 0 aromatic heterocycles. The van der Waals surface area contributed by atoms with Gasteiger partial charge in [-0.15, -0.1) is 24.0 Å². The number of hydrogen-bond acceptors (Lipinski definition) is 4. The van der Waals surface area contributed by atoms with Crippen LogP contribution in [0.1, 0.15) is 37.8 Å². The first-order valence-corrected chi connectivity index (χ1v) is 10.7. The van der Waals surface area contributed by atoms with Gasteiger partial charge in [0.25, 0.3) is 0 Å². The molecule has 29 heavy (non-hydrogen) atoms. The lowest BCUT2D eigenvalue weighted by molar-refractivity contribution is 0.180. The topological polar surface area (TPSA) is 52.1 Å². The van der Waals surface area contributed by atoms with E-state index in [9.17, 15) is 0 Å². The predicted octanol–water partition coefficient (Wildman–Crippen LogP) is 2.96. The first-order chi connectivity index (χ1) is 13.7. The molecule has 1 aromatic rings. The zero-order valence-electron chi connectivity index (χ0n) is 18.4. The number of likely N-dealkylation sites (N-methyl/N-ethyl adjacent to an activating group) is 1. The highest BCUT2D eigenvalue weighted by Crippen LogP contribution is 2.25. The number of methoxy groups -OCH3 is 1. The number of benzene rings is 1. The van der Waals surface area contributed by atoms with Gasteiger partial charge in [-0.1, -0.05) is 30.3 Å². The molecule has 6 nitrogen and oxygen atoms in total. The highest BCUT2D eigenvalue weighted by Gasteiger charge is 2.23. The minimum Gasteiger partial charge on any atom is -0.385 e. The zero-order valence-corrected chi connectivity index (χ0v) is 20.7. The second-order valence-corrected chi connectivity index (χ2v) is 7.47. The van der Waals surface area contributed by atoms with E-state index >= 15 is 0 Å². The van der Waals surface area contributed by atoms with Gasteiger partial charge in [0.2, 0.25) is 0 Å². The Morgan fingerprint density at radius 3 is 2.55 bits per heavy atom. The van der Waals surface area contributed by atoms with Crippen molar-refractivity contribution in [2.75, 3.05) is 66.6 Å². The van der Waals surface area contributed by atoms with Gasteiger partial charge in [-0.05, 0) is 51.9 Å². The Hall–Kier alpha value is -0.900. The summed E-state index contributed by atoms with van der Waals surface area (Å²) in [6, 6.07) is 11.2. The normalized spacial score (nSPS) is 15.9. The van der Waals surface area contributed by atoms with Crippen molar-refractivity contribution < 1.29 is 4.74 Å². The van der Waals surface area contributed by atoms with Gasteiger partial charge in [0.1, 0.15) is 0 Å². The van der Waals surface area contributed by atoms with Gasteiger partial charge in [-0.25, -0.2) is 0 Å². The van der Waals surface area contributed by atoms with Crippen LogP contribution in [0, 0.1) is 0 Å². The van der Waals surface area contributed by atoms with Gasteiger partial charge < -0.3 is 20.3 Å². The van der Waals surface area contributed by atoms with Crippen molar-refractivity contribution >= 4 is 29.9 Å². The molecule has 1 aliphatic rings. The fourth-order valence-electron chi connectivity index (χ4n) is 3.64. The first kappa shape index (κ1) is 26.1. The summed E-state index contributed by atoms with van der Waals surface area (Å²) in [4.78, 5) is 9.82. The lowest BCUT2D eigenvalue weighted by Crippen LogP contribution is -2.41. The molecule has 0 radical (unpaired) electrons. The number of ether oxygens (including phenoxy) is 1. The summed E-state index contributed by atoms with van der Waals surface area (Å²) in [6.07, 6.45) is 3.65. The number of guanidine groups is 1. The Labute approximate surface area is 194 Å². The molecule has 1 aliphatic heterocycles. The molecule has 1 atom stereocenters. The van der Waals surface area contributed by atoms with Crippen LogP contribution in [-0.4, -0.2) is 82.3 Å². The molecule has 2 N–H and O–H groups in total. The second-order valence-electron chi connectivity index (χ2n) is 7.47. The maximum Gasteiger partial charge on any atom is 0.191 e. The molecular formula is C22H40IN5O. The number of halogens is 1. The predicted molar refractivity (Wildman–Crippen MR) is 133 cm³/mol. The highest BCUT2D eigenvalue weighted by atomic mass is 127. The Balaban J connectivity index is 0.00000420. The molecule has 1 heterocycles. The van der Waals surface area contributed by atoms with Crippen molar-refractivity contribution in [2.24, 2.45) is 4.99 Å². The Morgan fingerprint density at radius 2 is 1.90 bits per heavy atom. The average Bonchev–Trinajstić information content (AvgIpc) is 3.23. The number of rotatable bonds is 12. The number of aliphatic imine (C=N–C) groups is 1. The van der Waals surface area contributed by atoms with Crippen LogP contribution in [0.4, 0.5) is 0 Å². The molecule has 7 heteroatoms. The maximum atomic E-state index is 5.12. The number of nitrogens with one attached hydrogen (secondary N) is 2. The van der Waals surface area contributed by atoms with Crippen LogP contribution >= 0.6 is 24.0 Å². The Morgan fingerprint density at radius 1 is 1.17 bits per heavy atom. The van der Waals surface area contributed by atoms with Gasteiger partial charge >= 0.3 is 0 Å². The molecule has 0 amide bonds. The molecule has 0 saturated carbocycles. The Bertz CT molecular complexity index is 551. The third-order valence-electron chi connectivity index (χ3n) is 5.21. The molecular weight excluding hydrogens is 477 g/mol. The van der Waals surface area contributed by atoms with Crippen LogP contribution in [0.25, 0.3) is 0 Å². The summed E-state index contributed by atoms with van der Waals surface area (Å²) in [6.45, 7) is 9.85. The second kappa shape index (κ2) is 15.9. The van der Waals surface area contributed by atoms with E-state index in [1.807, 2.05) is 0 Å². The van der Waals surface area contributed by atoms with Gasteiger partial charge in [0, 0.05) is 39.9 Å².